The third kappa shape index (κ3) is 8.94. The minimum absolute atomic E-state index is 0.0643. The lowest BCUT2D eigenvalue weighted by Crippen LogP contribution is -2.16. The Morgan fingerprint density at radius 3 is 1.80 bits per heavy atom. The predicted molar refractivity (Wildman–Crippen MR) is 197 cm³/mol. The number of fused-ring (bicyclic) bond motifs is 1. The summed E-state index contributed by atoms with van der Waals surface area (Å²) in [7, 11) is 0. The topological polar surface area (TPSA) is 190 Å². The molecule has 0 fully saturated rings. The summed E-state index contributed by atoms with van der Waals surface area (Å²) in [5.41, 5.74) is 2.26. The second-order valence-corrected chi connectivity index (χ2v) is 10.9. The van der Waals surface area contributed by atoms with Crippen LogP contribution in [-0.2, 0) is 14.4 Å². The number of anilines is 5. The fourth-order valence-corrected chi connectivity index (χ4v) is 4.88. The number of phenolic OH excluding ortho intramolecular Hbond substituents is 1. The van der Waals surface area contributed by atoms with Crippen LogP contribution in [0.3, 0.4) is 0 Å². The van der Waals surface area contributed by atoms with Gasteiger partial charge in [-0.2, -0.15) is 5.11 Å². The standard InChI is InChI=1S/C38H31N7O6/c1-4-33(47)40-29-17-24(18-30(21-29)41-34(48)5-2)37(50)42-27-10-8-11-28(20-27)43-38(51)32-19-23-9-6-7-12-31(23)35(36(32)49)45-44-26-15-13-25(14-16-26)39-22(3)46/h4-21,49H,1-2H2,3H3,(H,39,46)(H,40,47)(H,41,48)(H,42,50)(H,43,51). The number of phenols is 1. The van der Waals surface area contributed by atoms with Crippen LogP contribution >= 0.6 is 0 Å². The van der Waals surface area contributed by atoms with Crippen molar-refractivity contribution in [1.29, 1.82) is 0 Å². The minimum Gasteiger partial charge on any atom is -0.505 e. The molecule has 0 aliphatic heterocycles. The molecule has 5 aromatic carbocycles. The molecule has 13 nitrogen and oxygen atoms in total. The molecule has 0 spiro atoms. The van der Waals surface area contributed by atoms with Gasteiger partial charge in [-0.25, -0.2) is 0 Å². The highest BCUT2D eigenvalue weighted by Gasteiger charge is 2.19. The molecule has 0 saturated carbocycles. The summed E-state index contributed by atoms with van der Waals surface area (Å²) in [4.78, 5) is 61.9. The van der Waals surface area contributed by atoms with Crippen molar-refractivity contribution in [1.82, 2.24) is 0 Å². The summed E-state index contributed by atoms with van der Waals surface area (Å²) < 4.78 is 0. The fourth-order valence-electron chi connectivity index (χ4n) is 4.88. The van der Waals surface area contributed by atoms with Crippen LogP contribution in [0.1, 0.15) is 27.6 Å². The Hall–Kier alpha value is -7.41. The molecule has 0 saturated heterocycles. The maximum Gasteiger partial charge on any atom is 0.259 e. The first-order valence-electron chi connectivity index (χ1n) is 15.3. The number of carbonyl (C=O) groups excluding carboxylic acids is 5. The highest BCUT2D eigenvalue weighted by molar-refractivity contribution is 6.12. The van der Waals surface area contributed by atoms with Gasteiger partial charge < -0.3 is 31.7 Å². The molecule has 13 heteroatoms. The molecule has 6 N–H and O–H groups in total. The zero-order valence-corrected chi connectivity index (χ0v) is 27.2. The Morgan fingerprint density at radius 1 is 0.608 bits per heavy atom. The van der Waals surface area contributed by atoms with Crippen LogP contribution in [0.5, 0.6) is 5.75 Å². The number of aromatic hydroxyl groups is 1. The first kappa shape index (κ1) is 34.9. The number of azo groups is 1. The van der Waals surface area contributed by atoms with Crippen molar-refractivity contribution in [3.05, 3.63) is 133 Å². The van der Waals surface area contributed by atoms with E-state index < -0.39 is 29.4 Å². The number of hydrogen-bond donors (Lipinski definition) is 6. The van der Waals surface area contributed by atoms with Crippen molar-refractivity contribution in [2.75, 3.05) is 26.6 Å². The monoisotopic (exact) mass is 681 g/mol. The van der Waals surface area contributed by atoms with Gasteiger partial charge >= 0.3 is 0 Å². The van der Waals surface area contributed by atoms with E-state index in [1.807, 2.05) is 0 Å². The number of nitrogens with one attached hydrogen (secondary N) is 5. The number of nitrogens with zero attached hydrogens (tertiary/aromatic N) is 2. The SMILES string of the molecule is C=CC(=O)Nc1cc(NC(=O)C=C)cc(C(=O)Nc2cccc(NC(=O)c3cc4ccccc4c(N=Nc4ccc(NC(C)=O)cc4)c3O)c2)c1. The smallest absolute Gasteiger partial charge is 0.259 e. The first-order valence-corrected chi connectivity index (χ1v) is 15.3. The molecule has 0 unspecified atom stereocenters. The van der Waals surface area contributed by atoms with Crippen LogP contribution in [0.15, 0.2) is 133 Å². The molecule has 254 valence electrons. The zero-order chi connectivity index (χ0) is 36.5. The molecule has 51 heavy (non-hydrogen) atoms. The lowest BCUT2D eigenvalue weighted by Gasteiger charge is -2.13. The van der Waals surface area contributed by atoms with Crippen molar-refractivity contribution in [3.8, 4) is 5.75 Å². The van der Waals surface area contributed by atoms with Crippen molar-refractivity contribution in [3.63, 3.8) is 0 Å². The van der Waals surface area contributed by atoms with Gasteiger partial charge in [-0.15, -0.1) is 5.11 Å². The van der Waals surface area contributed by atoms with Crippen LogP contribution in [0.25, 0.3) is 10.8 Å². The molecule has 0 bridgehead atoms. The lowest BCUT2D eigenvalue weighted by atomic mass is 10.0. The molecule has 5 aromatic rings. The van der Waals surface area contributed by atoms with Crippen LogP contribution in [0.4, 0.5) is 39.8 Å². The third-order valence-electron chi connectivity index (χ3n) is 7.17. The minimum atomic E-state index is -0.647. The van der Waals surface area contributed by atoms with Gasteiger partial charge in [0, 0.05) is 46.3 Å². The van der Waals surface area contributed by atoms with Gasteiger partial charge in [-0.1, -0.05) is 43.5 Å². The highest BCUT2D eigenvalue weighted by atomic mass is 16.3. The van der Waals surface area contributed by atoms with Gasteiger partial charge in [-0.3, -0.25) is 24.0 Å². The van der Waals surface area contributed by atoms with Gasteiger partial charge in [0.15, 0.2) is 5.75 Å². The second-order valence-electron chi connectivity index (χ2n) is 10.9. The maximum absolute atomic E-state index is 13.5. The highest BCUT2D eigenvalue weighted by Crippen LogP contribution is 2.40. The predicted octanol–water partition coefficient (Wildman–Crippen LogP) is 7.67. The van der Waals surface area contributed by atoms with E-state index >= 15 is 0 Å². The molecular formula is C38H31N7O6. The van der Waals surface area contributed by atoms with E-state index in [1.54, 1.807) is 66.7 Å². The van der Waals surface area contributed by atoms with Crippen LogP contribution < -0.4 is 26.6 Å². The molecule has 0 aromatic heterocycles. The Labute approximate surface area is 291 Å². The van der Waals surface area contributed by atoms with E-state index in [0.29, 0.717) is 33.5 Å². The molecular weight excluding hydrogens is 650 g/mol. The van der Waals surface area contributed by atoms with Crippen LogP contribution in [0.2, 0.25) is 0 Å². The number of rotatable bonds is 11. The van der Waals surface area contributed by atoms with Crippen LogP contribution in [-0.4, -0.2) is 34.6 Å². The number of amides is 5. The van der Waals surface area contributed by atoms with E-state index in [4.69, 9.17) is 0 Å². The van der Waals surface area contributed by atoms with Crippen molar-refractivity contribution < 1.29 is 29.1 Å². The number of benzene rings is 5. The van der Waals surface area contributed by atoms with E-state index in [0.717, 1.165) is 12.2 Å². The van der Waals surface area contributed by atoms with Crippen molar-refractivity contribution in [2.45, 2.75) is 6.92 Å². The van der Waals surface area contributed by atoms with Crippen molar-refractivity contribution in [2.24, 2.45) is 10.2 Å². The summed E-state index contributed by atoms with van der Waals surface area (Å²) in [6, 6.07) is 25.9. The van der Waals surface area contributed by atoms with Gasteiger partial charge in [0.25, 0.3) is 11.8 Å². The molecule has 0 radical (unpaired) electrons. The maximum atomic E-state index is 13.5. The van der Waals surface area contributed by atoms with Gasteiger partial charge in [0.2, 0.25) is 17.7 Å². The average Bonchev–Trinajstić information content (AvgIpc) is 3.11. The largest absolute Gasteiger partial charge is 0.505 e. The summed E-state index contributed by atoms with van der Waals surface area (Å²) in [6.07, 6.45) is 2.13. The zero-order valence-electron chi connectivity index (χ0n) is 27.2. The number of carbonyl (C=O) groups is 5. The van der Waals surface area contributed by atoms with E-state index in [1.165, 1.54) is 37.3 Å². The molecule has 0 aliphatic carbocycles. The van der Waals surface area contributed by atoms with Crippen LogP contribution in [0, 0.1) is 0 Å². The lowest BCUT2D eigenvalue weighted by molar-refractivity contribution is -0.114. The summed E-state index contributed by atoms with van der Waals surface area (Å²) >= 11 is 0. The Morgan fingerprint density at radius 2 is 1.20 bits per heavy atom. The van der Waals surface area contributed by atoms with E-state index in [9.17, 15) is 29.1 Å². The molecule has 0 atom stereocenters. The number of hydrogen-bond acceptors (Lipinski definition) is 8. The van der Waals surface area contributed by atoms with Crippen molar-refractivity contribution >= 4 is 80.1 Å². The summed E-state index contributed by atoms with van der Waals surface area (Å²) in [5, 5.41) is 34.2. The average molecular weight is 682 g/mol. The fraction of sp³-hybridized carbons (Fsp3) is 0.0263. The normalized spacial score (nSPS) is 10.6. The third-order valence-corrected chi connectivity index (χ3v) is 7.17. The summed E-state index contributed by atoms with van der Waals surface area (Å²) in [6.45, 7) is 8.24. The molecule has 5 amide bonds. The van der Waals surface area contributed by atoms with E-state index in [2.05, 4.69) is 50.0 Å². The Bertz CT molecular complexity index is 2210. The summed E-state index contributed by atoms with van der Waals surface area (Å²) in [5.74, 6) is -2.85. The first-order chi connectivity index (χ1) is 24.5. The molecule has 0 heterocycles. The van der Waals surface area contributed by atoms with Gasteiger partial charge in [-0.05, 0) is 84.3 Å². The van der Waals surface area contributed by atoms with Gasteiger partial charge in [0.05, 0.1) is 11.3 Å². The Kier molecular flexibility index (Phi) is 10.7. The van der Waals surface area contributed by atoms with E-state index in [-0.39, 0.29) is 34.1 Å². The quantitative estimate of drug-likeness (QED) is 0.0612. The van der Waals surface area contributed by atoms with Gasteiger partial charge in [0.1, 0.15) is 5.69 Å². The molecule has 5 rings (SSSR count). The second kappa shape index (κ2) is 15.7. The Balaban J connectivity index is 1.37. The molecule has 0 aliphatic rings.